The molecule has 3 heterocycles. The van der Waals surface area contributed by atoms with Crippen LogP contribution in [0.25, 0.3) is 21.1 Å². The second kappa shape index (κ2) is 4.91. The number of benzene rings is 1. The van der Waals surface area contributed by atoms with Crippen LogP contribution in [0.4, 0.5) is 0 Å². The van der Waals surface area contributed by atoms with Gasteiger partial charge in [0.2, 0.25) is 0 Å². The SMILES string of the molecule is OC(c1cnc2ccccc2c1)c1cnc2ccsc2c1. The zero-order valence-corrected chi connectivity index (χ0v) is 11.9. The number of para-hydroxylation sites is 1. The lowest BCUT2D eigenvalue weighted by molar-refractivity contribution is 0.220. The van der Waals surface area contributed by atoms with Gasteiger partial charge in [0.05, 0.1) is 15.7 Å². The number of aliphatic hydroxyl groups is 1. The Morgan fingerprint density at radius 2 is 1.67 bits per heavy atom. The van der Waals surface area contributed by atoms with Gasteiger partial charge in [0.1, 0.15) is 6.10 Å². The molecule has 0 saturated heterocycles. The van der Waals surface area contributed by atoms with Crippen molar-refractivity contribution in [3.05, 3.63) is 71.4 Å². The molecule has 3 nitrogen and oxygen atoms in total. The Bertz CT molecular complexity index is 932. The summed E-state index contributed by atoms with van der Waals surface area (Å²) >= 11 is 1.63. The van der Waals surface area contributed by atoms with Gasteiger partial charge >= 0.3 is 0 Å². The highest BCUT2D eigenvalue weighted by atomic mass is 32.1. The number of hydrogen-bond acceptors (Lipinski definition) is 4. The average Bonchev–Trinajstić information content (AvgIpc) is 3.01. The smallest absolute Gasteiger partial charge is 0.107 e. The minimum Gasteiger partial charge on any atom is -0.384 e. The molecule has 0 saturated carbocycles. The molecule has 4 heteroatoms. The molecule has 1 aromatic carbocycles. The van der Waals surface area contributed by atoms with Gasteiger partial charge in [-0.3, -0.25) is 9.97 Å². The largest absolute Gasteiger partial charge is 0.384 e. The number of nitrogens with zero attached hydrogens (tertiary/aromatic N) is 2. The maximum atomic E-state index is 10.6. The summed E-state index contributed by atoms with van der Waals surface area (Å²) in [5.74, 6) is 0. The van der Waals surface area contributed by atoms with Crippen LogP contribution in [0.5, 0.6) is 0 Å². The van der Waals surface area contributed by atoms with Gasteiger partial charge in [-0.1, -0.05) is 18.2 Å². The molecule has 1 N–H and O–H groups in total. The Kier molecular flexibility index (Phi) is 2.91. The second-order valence-electron chi connectivity index (χ2n) is 4.94. The fourth-order valence-corrected chi connectivity index (χ4v) is 3.23. The van der Waals surface area contributed by atoms with Crippen LogP contribution in [-0.4, -0.2) is 15.1 Å². The monoisotopic (exact) mass is 292 g/mol. The molecule has 21 heavy (non-hydrogen) atoms. The molecule has 4 rings (SSSR count). The molecule has 4 aromatic rings. The number of rotatable bonds is 2. The molecule has 102 valence electrons. The minimum atomic E-state index is -0.707. The van der Waals surface area contributed by atoms with E-state index in [2.05, 4.69) is 9.97 Å². The van der Waals surface area contributed by atoms with Gasteiger partial charge in [-0.2, -0.15) is 0 Å². The standard InChI is InChI=1S/C17H12N2OS/c20-17(13-8-16-15(19-10-13)5-6-21-16)12-7-11-3-1-2-4-14(11)18-9-12/h1-10,17,20H. The van der Waals surface area contributed by atoms with Gasteiger partial charge < -0.3 is 5.11 Å². The number of aromatic nitrogens is 2. The van der Waals surface area contributed by atoms with E-state index in [1.54, 1.807) is 23.7 Å². The zero-order chi connectivity index (χ0) is 14.2. The molecule has 0 amide bonds. The van der Waals surface area contributed by atoms with E-state index in [9.17, 15) is 5.11 Å². The predicted molar refractivity (Wildman–Crippen MR) is 85.4 cm³/mol. The van der Waals surface area contributed by atoms with Crippen molar-refractivity contribution >= 4 is 32.5 Å². The first-order chi connectivity index (χ1) is 10.3. The summed E-state index contributed by atoms with van der Waals surface area (Å²) in [6, 6.07) is 13.8. The second-order valence-corrected chi connectivity index (χ2v) is 5.88. The lowest BCUT2D eigenvalue weighted by Crippen LogP contribution is -2.01. The van der Waals surface area contributed by atoms with Gasteiger partial charge in [-0.15, -0.1) is 11.3 Å². The van der Waals surface area contributed by atoms with E-state index in [4.69, 9.17) is 0 Å². The van der Waals surface area contributed by atoms with Crippen molar-refractivity contribution in [3.8, 4) is 0 Å². The Hall–Kier alpha value is -2.30. The van der Waals surface area contributed by atoms with Crippen molar-refractivity contribution in [1.29, 1.82) is 0 Å². The third kappa shape index (κ3) is 2.18. The van der Waals surface area contributed by atoms with E-state index in [0.29, 0.717) is 0 Å². The number of hydrogen-bond donors (Lipinski definition) is 1. The van der Waals surface area contributed by atoms with Crippen LogP contribution in [0.3, 0.4) is 0 Å². The van der Waals surface area contributed by atoms with Crippen molar-refractivity contribution in [2.75, 3.05) is 0 Å². The van der Waals surface area contributed by atoms with Crippen LogP contribution in [0.15, 0.2) is 60.2 Å². The maximum Gasteiger partial charge on any atom is 0.107 e. The van der Waals surface area contributed by atoms with Crippen LogP contribution in [-0.2, 0) is 0 Å². The van der Waals surface area contributed by atoms with Gasteiger partial charge in [0.15, 0.2) is 0 Å². The molecule has 0 bridgehead atoms. The summed E-state index contributed by atoms with van der Waals surface area (Å²) in [6.07, 6.45) is 2.75. The van der Waals surface area contributed by atoms with E-state index in [0.717, 1.165) is 32.2 Å². The first-order valence-electron chi connectivity index (χ1n) is 6.67. The van der Waals surface area contributed by atoms with Gasteiger partial charge in [-0.25, -0.2) is 0 Å². The van der Waals surface area contributed by atoms with Gasteiger partial charge in [0, 0.05) is 28.9 Å². The molecule has 0 aliphatic rings. The van der Waals surface area contributed by atoms with Gasteiger partial charge in [-0.05, 0) is 29.6 Å². The molecule has 0 aliphatic heterocycles. The van der Waals surface area contributed by atoms with E-state index in [1.807, 2.05) is 47.8 Å². The molecule has 0 radical (unpaired) electrons. The molecule has 0 aliphatic carbocycles. The predicted octanol–water partition coefficient (Wildman–Crippen LogP) is 3.93. The van der Waals surface area contributed by atoms with Crippen LogP contribution < -0.4 is 0 Å². The Balaban J connectivity index is 1.79. The zero-order valence-electron chi connectivity index (χ0n) is 11.1. The molecular weight excluding hydrogens is 280 g/mol. The maximum absolute atomic E-state index is 10.6. The quantitative estimate of drug-likeness (QED) is 0.609. The Morgan fingerprint density at radius 3 is 2.57 bits per heavy atom. The summed E-state index contributed by atoms with van der Waals surface area (Å²) < 4.78 is 1.08. The van der Waals surface area contributed by atoms with Crippen LogP contribution in [0, 0.1) is 0 Å². The average molecular weight is 292 g/mol. The third-order valence-electron chi connectivity index (χ3n) is 3.57. The van der Waals surface area contributed by atoms with Gasteiger partial charge in [0.25, 0.3) is 0 Å². The van der Waals surface area contributed by atoms with Crippen LogP contribution in [0.1, 0.15) is 17.2 Å². The number of fused-ring (bicyclic) bond motifs is 2. The number of aliphatic hydroxyl groups excluding tert-OH is 1. The van der Waals surface area contributed by atoms with Crippen molar-refractivity contribution < 1.29 is 5.11 Å². The summed E-state index contributed by atoms with van der Waals surface area (Å²) in [5.41, 5.74) is 3.47. The lowest BCUT2D eigenvalue weighted by Gasteiger charge is -2.11. The molecule has 0 fully saturated rings. The summed E-state index contributed by atoms with van der Waals surface area (Å²) in [5, 5.41) is 13.6. The normalized spacial score (nSPS) is 12.8. The van der Waals surface area contributed by atoms with E-state index >= 15 is 0 Å². The fourth-order valence-electron chi connectivity index (χ4n) is 2.44. The molecule has 1 unspecified atom stereocenters. The van der Waals surface area contributed by atoms with E-state index < -0.39 is 6.10 Å². The Labute approximate surface area is 125 Å². The summed E-state index contributed by atoms with van der Waals surface area (Å²) in [4.78, 5) is 8.78. The highest BCUT2D eigenvalue weighted by molar-refractivity contribution is 7.17. The topological polar surface area (TPSA) is 46.0 Å². The molecular formula is C17H12N2OS. The molecule has 3 aromatic heterocycles. The van der Waals surface area contributed by atoms with E-state index in [1.165, 1.54) is 0 Å². The first-order valence-corrected chi connectivity index (χ1v) is 7.55. The fraction of sp³-hybridized carbons (Fsp3) is 0.0588. The highest BCUT2D eigenvalue weighted by Gasteiger charge is 2.13. The highest BCUT2D eigenvalue weighted by Crippen LogP contribution is 2.27. The molecule has 0 spiro atoms. The number of thiophene rings is 1. The molecule has 1 atom stereocenters. The van der Waals surface area contributed by atoms with Crippen LogP contribution in [0.2, 0.25) is 0 Å². The lowest BCUT2D eigenvalue weighted by atomic mass is 10.0. The third-order valence-corrected chi connectivity index (χ3v) is 4.42. The number of pyridine rings is 2. The summed E-state index contributed by atoms with van der Waals surface area (Å²) in [7, 11) is 0. The van der Waals surface area contributed by atoms with Crippen molar-refractivity contribution in [3.63, 3.8) is 0 Å². The minimum absolute atomic E-state index is 0.707. The van der Waals surface area contributed by atoms with Crippen molar-refractivity contribution in [2.24, 2.45) is 0 Å². The van der Waals surface area contributed by atoms with Crippen molar-refractivity contribution in [1.82, 2.24) is 9.97 Å². The first kappa shape index (κ1) is 12.4. The van der Waals surface area contributed by atoms with Crippen molar-refractivity contribution in [2.45, 2.75) is 6.10 Å². The van der Waals surface area contributed by atoms with Crippen LogP contribution >= 0.6 is 11.3 Å². The van der Waals surface area contributed by atoms with E-state index in [-0.39, 0.29) is 0 Å². The summed E-state index contributed by atoms with van der Waals surface area (Å²) in [6.45, 7) is 0. The Morgan fingerprint density at radius 1 is 0.905 bits per heavy atom.